The molecule has 7 rings (SSSR count). The van der Waals surface area contributed by atoms with Gasteiger partial charge in [-0.05, 0) is 68.0 Å². The van der Waals surface area contributed by atoms with E-state index >= 15 is 0 Å². The van der Waals surface area contributed by atoms with E-state index in [0.717, 1.165) is 39.0 Å². The lowest BCUT2D eigenvalue weighted by molar-refractivity contribution is -0.297. The minimum atomic E-state index is -0.297. The summed E-state index contributed by atoms with van der Waals surface area (Å²) in [7, 11) is 0. The van der Waals surface area contributed by atoms with Crippen LogP contribution in [0, 0.1) is 0 Å². The second-order valence-electron chi connectivity index (χ2n) is 11.1. The molecule has 36 heavy (non-hydrogen) atoms. The molecule has 6 nitrogen and oxygen atoms in total. The van der Waals surface area contributed by atoms with Crippen molar-refractivity contribution in [1.29, 1.82) is 0 Å². The molecule has 3 aromatic rings. The number of hydrogen-bond donors (Lipinski definition) is 4. The fourth-order valence-corrected chi connectivity index (χ4v) is 6.14. The molecule has 0 amide bonds. The SMILES string of the molecule is CC1(C)Nc2cccc3c(C4=C([O-])/C(=C5\C=CC6NC(C)(C)Nc7cccc5c76)C4=O)ccc(c23)N1. The smallest absolute Gasteiger partial charge is 0.193 e. The number of ketones is 1. The Bertz CT molecular complexity index is 1610. The maximum Gasteiger partial charge on any atom is 0.193 e. The van der Waals surface area contributed by atoms with Gasteiger partial charge in [0.2, 0.25) is 0 Å². The Morgan fingerprint density at radius 3 is 2.25 bits per heavy atom. The number of hydrogen-bond acceptors (Lipinski definition) is 6. The summed E-state index contributed by atoms with van der Waals surface area (Å²) < 4.78 is 0. The van der Waals surface area contributed by atoms with Gasteiger partial charge in [-0.3, -0.25) is 10.1 Å². The fraction of sp³-hybridized carbons (Fsp3) is 0.233. The monoisotopic (exact) mass is 475 g/mol. The molecule has 4 aliphatic rings. The number of anilines is 3. The summed E-state index contributed by atoms with van der Waals surface area (Å²) in [5, 5.41) is 29.6. The summed E-state index contributed by atoms with van der Waals surface area (Å²) >= 11 is 0. The van der Waals surface area contributed by atoms with Gasteiger partial charge in [-0.25, -0.2) is 0 Å². The average Bonchev–Trinajstić information content (AvgIpc) is 2.81. The van der Waals surface area contributed by atoms with Gasteiger partial charge in [0.05, 0.1) is 11.7 Å². The number of nitrogens with one attached hydrogen (secondary N) is 4. The molecule has 0 spiro atoms. The van der Waals surface area contributed by atoms with Crippen molar-refractivity contribution >= 4 is 44.8 Å². The second kappa shape index (κ2) is 6.80. The molecule has 0 radical (unpaired) electrons. The number of benzene rings is 3. The Kier molecular flexibility index (Phi) is 4.02. The lowest BCUT2D eigenvalue weighted by Crippen LogP contribution is -2.51. The van der Waals surface area contributed by atoms with Crippen molar-refractivity contribution in [1.82, 2.24) is 5.32 Å². The highest BCUT2D eigenvalue weighted by atomic mass is 16.3. The van der Waals surface area contributed by atoms with Gasteiger partial charge in [0.15, 0.2) is 5.78 Å². The molecule has 2 aliphatic heterocycles. The van der Waals surface area contributed by atoms with E-state index in [1.807, 2.05) is 48.5 Å². The third-order valence-corrected chi connectivity index (χ3v) is 7.51. The number of rotatable bonds is 1. The minimum Gasteiger partial charge on any atom is -0.871 e. The topological polar surface area (TPSA) is 88.2 Å². The van der Waals surface area contributed by atoms with Crippen LogP contribution in [0.4, 0.5) is 17.1 Å². The molecular weight excluding hydrogens is 448 g/mol. The standard InChI is InChI=1S/C30H28N4O2/c1-29(2)31-19-9-5-7-15-17(11-13-21(33-29)23(15)19)25-27(35)26(28(25)36)18-12-14-22-24-16(18)8-6-10-20(24)32-30(3,4)34-22/h5-14,21,31-35H,1-4H3/p-1/b25-17-. The van der Waals surface area contributed by atoms with Crippen molar-refractivity contribution in [2.24, 2.45) is 0 Å². The molecule has 1 unspecified atom stereocenters. The van der Waals surface area contributed by atoms with Gasteiger partial charge < -0.3 is 21.1 Å². The molecular formula is C30H27N4O2-. The summed E-state index contributed by atoms with van der Waals surface area (Å²) in [6.45, 7) is 8.34. The van der Waals surface area contributed by atoms with Crippen LogP contribution in [0.15, 0.2) is 72.0 Å². The van der Waals surface area contributed by atoms with E-state index < -0.39 is 0 Å². The quantitative estimate of drug-likeness (QED) is 0.375. The molecule has 0 saturated heterocycles. The van der Waals surface area contributed by atoms with Crippen molar-refractivity contribution in [2.45, 2.75) is 45.1 Å². The third-order valence-electron chi connectivity index (χ3n) is 7.51. The zero-order valence-electron chi connectivity index (χ0n) is 20.7. The molecule has 2 heterocycles. The molecule has 4 N–H and O–H groups in total. The van der Waals surface area contributed by atoms with Gasteiger partial charge >= 0.3 is 0 Å². The lowest BCUT2D eigenvalue weighted by Gasteiger charge is -2.42. The maximum absolute atomic E-state index is 13.6. The van der Waals surface area contributed by atoms with Gasteiger partial charge in [0.25, 0.3) is 0 Å². The van der Waals surface area contributed by atoms with E-state index in [1.54, 1.807) is 0 Å². The zero-order chi connectivity index (χ0) is 25.0. The molecule has 6 heteroatoms. The van der Waals surface area contributed by atoms with Crippen LogP contribution in [0.3, 0.4) is 0 Å². The molecule has 180 valence electrons. The summed E-state index contributed by atoms with van der Waals surface area (Å²) in [6, 6.07) is 15.9. The average molecular weight is 476 g/mol. The first-order chi connectivity index (χ1) is 17.1. The van der Waals surface area contributed by atoms with E-state index in [-0.39, 0.29) is 40.1 Å². The van der Waals surface area contributed by atoms with E-state index in [9.17, 15) is 9.90 Å². The number of carbonyl (C=O) groups excluding carboxylic acids is 1. The van der Waals surface area contributed by atoms with Gasteiger partial charge in [-0.15, -0.1) is 0 Å². The van der Waals surface area contributed by atoms with Crippen LogP contribution >= 0.6 is 0 Å². The van der Waals surface area contributed by atoms with Crippen molar-refractivity contribution in [3.63, 3.8) is 0 Å². The first kappa shape index (κ1) is 21.3. The van der Waals surface area contributed by atoms with Crippen LogP contribution in [0.5, 0.6) is 0 Å². The molecule has 3 aromatic carbocycles. The number of carbonyl (C=O) groups is 1. The van der Waals surface area contributed by atoms with Crippen molar-refractivity contribution < 1.29 is 9.90 Å². The summed E-state index contributed by atoms with van der Waals surface area (Å²) in [5.41, 5.74) is 6.40. The Morgan fingerprint density at radius 2 is 1.47 bits per heavy atom. The molecule has 0 fully saturated rings. The largest absolute Gasteiger partial charge is 0.871 e. The van der Waals surface area contributed by atoms with Crippen molar-refractivity contribution in [2.75, 3.05) is 16.0 Å². The number of Topliss-reactive ketones (excluding diaryl/α,β-unsaturated/α-hetero) is 1. The maximum atomic E-state index is 13.6. The summed E-state index contributed by atoms with van der Waals surface area (Å²) in [4.78, 5) is 13.6. The normalized spacial score (nSPS) is 24.4. The van der Waals surface area contributed by atoms with Gasteiger partial charge in [0, 0.05) is 39.2 Å². The Balaban J connectivity index is 1.39. The predicted molar refractivity (Wildman–Crippen MR) is 143 cm³/mol. The molecule has 0 aromatic heterocycles. The van der Waals surface area contributed by atoms with Gasteiger partial charge in [0.1, 0.15) is 5.66 Å². The first-order valence-electron chi connectivity index (χ1n) is 12.3. The van der Waals surface area contributed by atoms with Crippen LogP contribution in [0.1, 0.15) is 50.4 Å². The zero-order valence-corrected chi connectivity index (χ0v) is 20.7. The Morgan fingerprint density at radius 1 is 0.778 bits per heavy atom. The van der Waals surface area contributed by atoms with E-state index in [1.165, 1.54) is 0 Å². The van der Waals surface area contributed by atoms with Crippen LogP contribution in [-0.4, -0.2) is 17.1 Å². The second-order valence-corrected chi connectivity index (χ2v) is 11.1. The highest BCUT2D eigenvalue weighted by Crippen LogP contribution is 2.48. The molecule has 0 saturated carbocycles. The van der Waals surface area contributed by atoms with E-state index in [2.05, 4.69) is 61.1 Å². The van der Waals surface area contributed by atoms with Crippen LogP contribution < -0.4 is 26.4 Å². The lowest BCUT2D eigenvalue weighted by atomic mass is 9.75. The fourth-order valence-electron chi connectivity index (χ4n) is 6.14. The molecule has 2 aliphatic carbocycles. The van der Waals surface area contributed by atoms with Crippen LogP contribution in [-0.2, 0) is 4.79 Å². The van der Waals surface area contributed by atoms with Gasteiger partial charge in [-0.2, -0.15) is 0 Å². The first-order valence-corrected chi connectivity index (χ1v) is 12.3. The summed E-state index contributed by atoms with van der Waals surface area (Å²) in [5.74, 6) is -0.379. The predicted octanol–water partition coefficient (Wildman–Crippen LogP) is 4.88. The highest BCUT2D eigenvalue weighted by molar-refractivity contribution is 6.43. The van der Waals surface area contributed by atoms with Crippen LogP contribution in [0.2, 0.25) is 0 Å². The molecule has 1 atom stereocenters. The van der Waals surface area contributed by atoms with E-state index in [0.29, 0.717) is 11.1 Å². The molecule has 0 bridgehead atoms. The third kappa shape index (κ3) is 2.85. The van der Waals surface area contributed by atoms with E-state index in [4.69, 9.17) is 0 Å². The van der Waals surface area contributed by atoms with Crippen molar-refractivity contribution in [3.8, 4) is 0 Å². The van der Waals surface area contributed by atoms with Crippen LogP contribution in [0.25, 0.3) is 21.9 Å². The number of allylic oxidation sites excluding steroid dienone is 4. The van der Waals surface area contributed by atoms with Crippen molar-refractivity contribution in [3.05, 3.63) is 88.7 Å². The Labute approximate surface area is 209 Å². The van der Waals surface area contributed by atoms with Gasteiger partial charge in [-0.1, -0.05) is 48.2 Å². The summed E-state index contributed by atoms with van der Waals surface area (Å²) in [6.07, 6.45) is 3.98. The minimum absolute atomic E-state index is 0.0234. The highest BCUT2D eigenvalue weighted by Gasteiger charge is 2.38. The Hall–Kier alpha value is -4.03.